The standard InChI is InChI=1S/C13H28N2/c1-5-7-12(4)15-9-8-14-10-13(15)11(3)6-2/h11-14H,5-10H2,1-4H3. The zero-order chi connectivity index (χ0) is 11.3. The van der Waals surface area contributed by atoms with Gasteiger partial charge in [0.25, 0.3) is 0 Å². The van der Waals surface area contributed by atoms with Crippen LogP contribution >= 0.6 is 0 Å². The summed E-state index contributed by atoms with van der Waals surface area (Å²) in [6.45, 7) is 13.0. The lowest BCUT2D eigenvalue weighted by Gasteiger charge is -2.43. The van der Waals surface area contributed by atoms with Crippen molar-refractivity contribution < 1.29 is 0 Å². The quantitative estimate of drug-likeness (QED) is 0.753. The van der Waals surface area contributed by atoms with Gasteiger partial charge in [0.15, 0.2) is 0 Å². The maximum atomic E-state index is 3.54. The summed E-state index contributed by atoms with van der Waals surface area (Å²) in [5, 5.41) is 3.54. The zero-order valence-electron chi connectivity index (χ0n) is 10.9. The molecule has 0 spiro atoms. The number of rotatable bonds is 5. The van der Waals surface area contributed by atoms with E-state index in [0.29, 0.717) is 0 Å². The minimum atomic E-state index is 0.755. The Morgan fingerprint density at radius 2 is 2.07 bits per heavy atom. The molecule has 1 heterocycles. The summed E-state index contributed by atoms with van der Waals surface area (Å²) in [5.74, 6) is 0.817. The summed E-state index contributed by atoms with van der Waals surface area (Å²) in [6, 6.07) is 1.52. The van der Waals surface area contributed by atoms with Gasteiger partial charge in [-0.1, -0.05) is 33.6 Å². The van der Waals surface area contributed by atoms with Crippen LogP contribution < -0.4 is 5.32 Å². The molecule has 0 radical (unpaired) electrons. The van der Waals surface area contributed by atoms with Crippen LogP contribution in [0.25, 0.3) is 0 Å². The van der Waals surface area contributed by atoms with Crippen LogP contribution in [0, 0.1) is 5.92 Å². The molecule has 0 amide bonds. The van der Waals surface area contributed by atoms with E-state index in [1.165, 1.54) is 38.9 Å². The van der Waals surface area contributed by atoms with Gasteiger partial charge >= 0.3 is 0 Å². The van der Waals surface area contributed by atoms with E-state index in [-0.39, 0.29) is 0 Å². The van der Waals surface area contributed by atoms with Crippen molar-refractivity contribution in [3.8, 4) is 0 Å². The lowest BCUT2D eigenvalue weighted by Crippen LogP contribution is -2.56. The fourth-order valence-electron chi connectivity index (χ4n) is 2.67. The average Bonchev–Trinajstić information content (AvgIpc) is 2.28. The molecule has 0 aliphatic carbocycles. The Balaban J connectivity index is 2.56. The molecule has 0 aromatic rings. The van der Waals surface area contributed by atoms with Crippen LogP contribution in [0.3, 0.4) is 0 Å². The fourth-order valence-corrected chi connectivity index (χ4v) is 2.67. The lowest BCUT2D eigenvalue weighted by atomic mass is 9.94. The van der Waals surface area contributed by atoms with Crippen LogP contribution in [0.2, 0.25) is 0 Å². The van der Waals surface area contributed by atoms with Gasteiger partial charge in [-0.3, -0.25) is 4.90 Å². The topological polar surface area (TPSA) is 15.3 Å². The van der Waals surface area contributed by atoms with Gasteiger partial charge in [0.05, 0.1) is 0 Å². The Morgan fingerprint density at radius 3 is 2.67 bits per heavy atom. The molecule has 0 aromatic carbocycles. The smallest absolute Gasteiger partial charge is 0.0249 e. The highest BCUT2D eigenvalue weighted by molar-refractivity contribution is 4.86. The van der Waals surface area contributed by atoms with Gasteiger partial charge in [0.1, 0.15) is 0 Å². The monoisotopic (exact) mass is 212 g/mol. The van der Waals surface area contributed by atoms with Crippen LogP contribution in [0.15, 0.2) is 0 Å². The zero-order valence-corrected chi connectivity index (χ0v) is 10.9. The van der Waals surface area contributed by atoms with E-state index in [1.807, 2.05) is 0 Å². The first-order valence-corrected chi connectivity index (χ1v) is 6.67. The molecule has 1 N–H and O–H groups in total. The van der Waals surface area contributed by atoms with E-state index >= 15 is 0 Å². The molecule has 3 atom stereocenters. The van der Waals surface area contributed by atoms with Crippen LogP contribution in [0.5, 0.6) is 0 Å². The predicted octanol–water partition coefficient (Wildman–Crippen LogP) is 2.49. The molecule has 1 saturated heterocycles. The third kappa shape index (κ3) is 3.46. The minimum Gasteiger partial charge on any atom is -0.314 e. The largest absolute Gasteiger partial charge is 0.314 e. The van der Waals surface area contributed by atoms with Gasteiger partial charge in [0.2, 0.25) is 0 Å². The predicted molar refractivity (Wildman–Crippen MR) is 67.2 cm³/mol. The Hall–Kier alpha value is -0.0800. The molecule has 15 heavy (non-hydrogen) atoms. The van der Waals surface area contributed by atoms with E-state index in [0.717, 1.165) is 18.0 Å². The second kappa shape index (κ2) is 6.49. The number of nitrogens with zero attached hydrogens (tertiary/aromatic N) is 1. The Labute approximate surface area is 95.4 Å². The lowest BCUT2D eigenvalue weighted by molar-refractivity contribution is 0.0737. The molecule has 1 aliphatic rings. The summed E-state index contributed by atoms with van der Waals surface area (Å²) < 4.78 is 0. The van der Waals surface area contributed by atoms with Crippen molar-refractivity contribution in [2.24, 2.45) is 5.92 Å². The van der Waals surface area contributed by atoms with Crippen molar-refractivity contribution in [3.63, 3.8) is 0 Å². The van der Waals surface area contributed by atoms with Crippen LogP contribution in [0.1, 0.15) is 47.0 Å². The van der Waals surface area contributed by atoms with E-state index in [1.54, 1.807) is 0 Å². The summed E-state index contributed by atoms with van der Waals surface area (Å²) >= 11 is 0. The molecule has 0 saturated carbocycles. The van der Waals surface area contributed by atoms with Crippen LogP contribution in [0.4, 0.5) is 0 Å². The van der Waals surface area contributed by atoms with Crippen molar-refractivity contribution in [1.29, 1.82) is 0 Å². The normalized spacial score (nSPS) is 27.6. The van der Waals surface area contributed by atoms with Gasteiger partial charge in [-0.25, -0.2) is 0 Å². The van der Waals surface area contributed by atoms with Gasteiger partial charge < -0.3 is 5.32 Å². The van der Waals surface area contributed by atoms with E-state index in [9.17, 15) is 0 Å². The number of nitrogens with one attached hydrogen (secondary N) is 1. The number of piperazine rings is 1. The van der Waals surface area contributed by atoms with Gasteiger partial charge in [-0.15, -0.1) is 0 Å². The van der Waals surface area contributed by atoms with Crippen LogP contribution in [-0.4, -0.2) is 36.6 Å². The second-order valence-electron chi connectivity index (χ2n) is 5.03. The van der Waals surface area contributed by atoms with Crippen molar-refractivity contribution >= 4 is 0 Å². The third-order valence-electron chi connectivity index (χ3n) is 3.90. The maximum Gasteiger partial charge on any atom is 0.0249 e. The minimum absolute atomic E-state index is 0.755. The molecule has 90 valence electrons. The SMILES string of the molecule is CCCC(C)N1CCNCC1C(C)CC. The number of hydrogen-bond donors (Lipinski definition) is 1. The van der Waals surface area contributed by atoms with Crippen molar-refractivity contribution in [2.75, 3.05) is 19.6 Å². The van der Waals surface area contributed by atoms with Crippen LogP contribution in [-0.2, 0) is 0 Å². The van der Waals surface area contributed by atoms with Crippen molar-refractivity contribution in [1.82, 2.24) is 10.2 Å². The summed E-state index contributed by atoms with van der Waals surface area (Å²) in [5.41, 5.74) is 0. The van der Waals surface area contributed by atoms with E-state index in [2.05, 4.69) is 37.9 Å². The Bertz CT molecular complexity index is 170. The first-order chi connectivity index (χ1) is 7.20. The Kier molecular flexibility index (Phi) is 5.62. The first-order valence-electron chi connectivity index (χ1n) is 6.67. The highest BCUT2D eigenvalue weighted by atomic mass is 15.2. The molecule has 1 rings (SSSR count). The summed E-state index contributed by atoms with van der Waals surface area (Å²) in [7, 11) is 0. The van der Waals surface area contributed by atoms with Gasteiger partial charge in [-0.2, -0.15) is 0 Å². The van der Waals surface area contributed by atoms with Gasteiger partial charge in [-0.05, 0) is 19.3 Å². The molecule has 0 bridgehead atoms. The molecule has 0 aromatic heterocycles. The first kappa shape index (κ1) is 13.0. The van der Waals surface area contributed by atoms with E-state index in [4.69, 9.17) is 0 Å². The maximum absolute atomic E-state index is 3.54. The summed E-state index contributed by atoms with van der Waals surface area (Å²) in [6.07, 6.45) is 3.94. The highest BCUT2D eigenvalue weighted by Gasteiger charge is 2.28. The molecule has 1 aliphatic heterocycles. The average molecular weight is 212 g/mol. The molecule has 1 fully saturated rings. The molecule has 2 nitrogen and oxygen atoms in total. The Morgan fingerprint density at radius 1 is 1.33 bits per heavy atom. The second-order valence-corrected chi connectivity index (χ2v) is 5.03. The number of hydrogen-bond acceptors (Lipinski definition) is 2. The molecular weight excluding hydrogens is 184 g/mol. The fraction of sp³-hybridized carbons (Fsp3) is 1.00. The van der Waals surface area contributed by atoms with Crippen molar-refractivity contribution in [3.05, 3.63) is 0 Å². The molecule has 2 heteroatoms. The third-order valence-corrected chi connectivity index (χ3v) is 3.90. The molecule has 3 unspecified atom stereocenters. The van der Waals surface area contributed by atoms with Gasteiger partial charge in [0, 0.05) is 31.7 Å². The highest BCUT2D eigenvalue weighted by Crippen LogP contribution is 2.20. The summed E-state index contributed by atoms with van der Waals surface area (Å²) in [4.78, 5) is 2.73. The van der Waals surface area contributed by atoms with Crippen molar-refractivity contribution in [2.45, 2.75) is 59.0 Å². The van der Waals surface area contributed by atoms with E-state index < -0.39 is 0 Å². The molecular formula is C13H28N2.